The van der Waals surface area contributed by atoms with Gasteiger partial charge in [-0.15, -0.1) is 0 Å². The Hall–Kier alpha value is -6.76. The maximum atomic E-state index is 9.46. The predicted octanol–water partition coefficient (Wildman–Crippen LogP) is 8.69. The molecule has 0 aliphatic carbocycles. The van der Waals surface area contributed by atoms with E-state index in [1.807, 2.05) is 116 Å². The first kappa shape index (κ1) is 34.6. The van der Waals surface area contributed by atoms with Crippen LogP contribution in [0.1, 0.15) is 36.1 Å². The van der Waals surface area contributed by atoms with Crippen LogP contribution in [0.15, 0.2) is 179 Å². The smallest absolute Gasteiger partial charge is 0.228 e. The molecule has 0 spiro atoms. The van der Waals surface area contributed by atoms with Gasteiger partial charge in [0.2, 0.25) is 5.69 Å². The van der Waals surface area contributed by atoms with Crippen LogP contribution >= 0.6 is 0 Å². The van der Waals surface area contributed by atoms with Crippen molar-refractivity contribution in [2.45, 2.75) is 26.9 Å². The number of hydrogen-bond donors (Lipinski definition) is 0. The van der Waals surface area contributed by atoms with Gasteiger partial charge in [-0.3, -0.25) is 9.98 Å². The molecule has 0 atom stereocenters. The van der Waals surface area contributed by atoms with E-state index in [1.165, 1.54) is 11.1 Å². The van der Waals surface area contributed by atoms with Crippen molar-refractivity contribution in [1.29, 1.82) is 10.5 Å². The zero-order valence-electron chi connectivity index (χ0n) is 28.3. The standard InChI is InChI=1S/C44H38N6/c1-3-11-35(36(12-4-2)20-26-48-43-17-9-7-13-39(43)31-45)19-25-47-33-41-15-5-6-16-42(41)34-49-27-21-37(22-28-49)38-23-29-50(30-24-38)44-18-10-8-14-40(44)32-46/h3-30H,33-34H2,1-2H3/q+2/b11-3-,12-4-,35-19+,36-20-,47-25?,48-26?. The molecule has 0 aliphatic rings. The quantitative estimate of drug-likeness (QED) is 0.0769. The largest absolute Gasteiger partial charge is 0.288 e. The fourth-order valence-corrected chi connectivity index (χ4v) is 5.41. The summed E-state index contributed by atoms with van der Waals surface area (Å²) in [5.74, 6) is 0. The van der Waals surface area contributed by atoms with Gasteiger partial charge in [0.05, 0.1) is 17.8 Å². The summed E-state index contributed by atoms with van der Waals surface area (Å²) in [6.07, 6.45) is 23.8. The van der Waals surface area contributed by atoms with E-state index in [-0.39, 0.29) is 0 Å². The highest BCUT2D eigenvalue weighted by atomic mass is 14.9. The van der Waals surface area contributed by atoms with Crippen molar-refractivity contribution < 1.29 is 9.13 Å². The van der Waals surface area contributed by atoms with Crippen molar-refractivity contribution >= 4 is 18.1 Å². The number of aromatic nitrogens is 2. The van der Waals surface area contributed by atoms with Crippen LogP contribution in [-0.2, 0) is 13.1 Å². The van der Waals surface area contributed by atoms with Crippen LogP contribution in [0, 0.1) is 22.7 Å². The van der Waals surface area contributed by atoms with Crippen molar-refractivity contribution in [2.24, 2.45) is 9.98 Å². The molecule has 0 bridgehead atoms. The molecule has 242 valence electrons. The van der Waals surface area contributed by atoms with Crippen LogP contribution in [0.3, 0.4) is 0 Å². The molecule has 2 aromatic heterocycles. The van der Waals surface area contributed by atoms with E-state index in [9.17, 15) is 10.5 Å². The van der Waals surface area contributed by atoms with E-state index in [2.05, 4.69) is 82.6 Å². The second-order valence-corrected chi connectivity index (χ2v) is 11.3. The Labute approximate surface area is 294 Å². The summed E-state index contributed by atoms with van der Waals surface area (Å²) >= 11 is 0. The third kappa shape index (κ3) is 9.19. The molecular weight excluding hydrogens is 613 g/mol. The number of aliphatic imine (C=N–C) groups is 2. The van der Waals surface area contributed by atoms with Gasteiger partial charge in [-0.25, -0.2) is 4.57 Å². The lowest BCUT2D eigenvalue weighted by Gasteiger charge is -2.06. The van der Waals surface area contributed by atoms with Crippen molar-refractivity contribution in [3.05, 3.63) is 192 Å². The highest BCUT2D eigenvalue weighted by Gasteiger charge is 2.13. The lowest BCUT2D eigenvalue weighted by atomic mass is 10.0. The molecule has 0 radical (unpaired) electrons. The van der Waals surface area contributed by atoms with E-state index in [0.717, 1.165) is 34.5 Å². The number of allylic oxidation sites excluding steroid dienone is 8. The van der Waals surface area contributed by atoms with Crippen LogP contribution < -0.4 is 9.13 Å². The average Bonchev–Trinajstić information content (AvgIpc) is 3.17. The molecule has 50 heavy (non-hydrogen) atoms. The van der Waals surface area contributed by atoms with Crippen molar-refractivity contribution in [3.8, 4) is 29.0 Å². The molecule has 5 aromatic rings. The summed E-state index contributed by atoms with van der Waals surface area (Å²) in [5, 5.41) is 18.8. The van der Waals surface area contributed by atoms with Crippen LogP contribution in [-0.4, -0.2) is 12.4 Å². The van der Waals surface area contributed by atoms with E-state index < -0.39 is 0 Å². The summed E-state index contributed by atoms with van der Waals surface area (Å²) in [6.45, 7) is 5.26. The maximum absolute atomic E-state index is 9.46. The average molecular weight is 651 g/mol. The topological polar surface area (TPSA) is 80.1 Å². The summed E-state index contributed by atoms with van der Waals surface area (Å²) < 4.78 is 4.14. The van der Waals surface area contributed by atoms with Gasteiger partial charge in [0.15, 0.2) is 31.3 Å². The van der Waals surface area contributed by atoms with Gasteiger partial charge in [-0.05, 0) is 72.0 Å². The Balaban J connectivity index is 1.26. The second-order valence-electron chi connectivity index (χ2n) is 11.3. The summed E-state index contributed by atoms with van der Waals surface area (Å²) in [5.41, 5.74) is 9.26. The number of nitriles is 2. The van der Waals surface area contributed by atoms with Crippen molar-refractivity contribution in [3.63, 3.8) is 0 Å². The normalized spacial score (nSPS) is 12.2. The molecule has 0 saturated carbocycles. The van der Waals surface area contributed by atoms with E-state index in [4.69, 9.17) is 4.99 Å². The second kappa shape index (κ2) is 18.0. The summed E-state index contributed by atoms with van der Waals surface area (Å²) in [7, 11) is 0. The lowest BCUT2D eigenvalue weighted by Crippen LogP contribution is -2.33. The van der Waals surface area contributed by atoms with E-state index in [1.54, 1.807) is 12.3 Å². The number of nitrogens with zero attached hydrogens (tertiary/aromatic N) is 6. The first-order valence-electron chi connectivity index (χ1n) is 16.4. The molecule has 6 heteroatoms. The van der Waals surface area contributed by atoms with Gasteiger partial charge in [0, 0.05) is 48.3 Å². The molecular formula is C44H38N6+2. The van der Waals surface area contributed by atoms with Crippen molar-refractivity contribution in [1.82, 2.24) is 0 Å². The van der Waals surface area contributed by atoms with E-state index in [0.29, 0.717) is 23.4 Å². The molecule has 5 rings (SSSR count). The number of rotatable bonds is 12. The highest BCUT2D eigenvalue weighted by Crippen LogP contribution is 2.19. The third-order valence-corrected chi connectivity index (χ3v) is 7.97. The minimum absolute atomic E-state index is 0.540. The zero-order chi connectivity index (χ0) is 35.0. The summed E-state index contributed by atoms with van der Waals surface area (Å²) in [6, 6.07) is 36.1. The Morgan fingerprint density at radius 2 is 1.20 bits per heavy atom. The van der Waals surface area contributed by atoms with Gasteiger partial charge in [0.1, 0.15) is 17.7 Å². The third-order valence-electron chi connectivity index (χ3n) is 7.97. The first-order valence-corrected chi connectivity index (χ1v) is 16.4. The molecule has 0 unspecified atom stereocenters. The number of pyridine rings is 2. The Bertz CT molecular complexity index is 2190. The SMILES string of the molecule is C\C=C/C(=C/C=Nc1ccccc1C#N)C(/C=C\C)=C/C=NCc1ccccc1C[n+]1ccc(-c2cc[n+](-c3ccccc3C#N)cc2)cc1. The minimum atomic E-state index is 0.540. The van der Waals surface area contributed by atoms with Gasteiger partial charge >= 0.3 is 0 Å². The molecule has 3 aromatic carbocycles. The number of hydrogen-bond acceptors (Lipinski definition) is 4. The van der Waals surface area contributed by atoms with Gasteiger partial charge < -0.3 is 0 Å². The molecule has 6 nitrogen and oxygen atoms in total. The predicted molar refractivity (Wildman–Crippen MR) is 201 cm³/mol. The fraction of sp³-hybridized carbons (Fsp3) is 0.0909. The van der Waals surface area contributed by atoms with Crippen LogP contribution in [0.25, 0.3) is 16.8 Å². The molecule has 0 saturated heterocycles. The highest BCUT2D eigenvalue weighted by molar-refractivity contribution is 5.81. The molecule has 0 fully saturated rings. The van der Waals surface area contributed by atoms with Crippen molar-refractivity contribution in [2.75, 3.05) is 0 Å². The molecule has 2 heterocycles. The molecule has 0 aliphatic heterocycles. The van der Waals surface area contributed by atoms with Crippen LogP contribution in [0.2, 0.25) is 0 Å². The van der Waals surface area contributed by atoms with Gasteiger partial charge in [-0.2, -0.15) is 15.1 Å². The Morgan fingerprint density at radius 1 is 0.640 bits per heavy atom. The van der Waals surface area contributed by atoms with Crippen LogP contribution in [0.5, 0.6) is 0 Å². The Morgan fingerprint density at radius 3 is 1.86 bits per heavy atom. The lowest BCUT2D eigenvalue weighted by molar-refractivity contribution is -0.688. The van der Waals surface area contributed by atoms with E-state index >= 15 is 0 Å². The number of para-hydroxylation sites is 2. The first-order chi connectivity index (χ1) is 24.6. The number of benzene rings is 3. The molecule has 0 amide bonds. The van der Waals surface area contributed by atoms with Gasteiger partial charge in [0.25, 0.3) is 0 Å². The molecule has 0 N–H and O–H groups in total. The Kier molecular flexibility index (Phi) is 12.4. The minimum Gasteiger partial charge on any atom is -0.288 e. The van der Waals surface area contributed by atoms with Crippen LogP contribution in [0.4, 0.5) is 5.69 Å². The maximum Gasteiger partial charge on any atom is 0.228 e. The monoisotopic (exact) mass is 650 g/mol. The summed E-state index contributed by atoms with van der Waals surface area (Å²) in [4.78, 5) is 9.27. The fourth-order valence-electron chi connectivity index (χ4n) is 5.41. The van der Waals surface area contributed by atoms with Gasteiger partial charge in [-0.1, -0.05) is 72.8 Å². The zero-order valence-corrected chi connectivity index (χ0v) is 28.3.